The highest BCUT2D eigenvalue weighted by atomic mass is 16.7. The van der Waals surface area contributed by atoms with E-state index in [9.17, 15) is 0 Å². The first-order valence-electron chi connectivity index (χ1n) is 10.2. The van der Waals surface area contributed by atoms with Crippen LogP contribution in [0.15, 0.2) is 0 Å². The third-order valence-electron chi connectivity index (χ3n) is 6.41. The molecule has 0 bridgehead atoms. The van der Waals surface area contributed by atoms with Crippen LogP contribution >= 0.6 is 0 Å². The Labute approximate surface area is 151 Å². The summed E-state index contributed by atoms with van der Waals surface area (Å²) in [5.41, 5.74) is 3.30. The Morgan fingerprint density at radius 2 is 1.88 bits per heavy atom. The molecule has 4 rings (SSSR count). The zero-order valence-corrected chi connectivity index (χ0v) is 15.7. The standard InChI is InChI=1S/C18H35N5O2/c1-13(2)23-7-3-4-15(23)18-20-17(21-25-18)14-5-6-16(19-12-14)22-8-10-24-11-9-22/h13-21H,3-12H2,1-2H3. The lowest BCUT2D eigenvalue weighted by atomic mass is 9.94. The van der Waals surface area contributed by atoms with E-state index in [1.54, 1.807) is 0 Å². The molecule has 4 aliphatic heterocycles. The quantitative estimate of drug-likeness (QED) is 0.672. The van der Waals surface area contributed by atoms with Crippen LogP contribution in [0.1, 0.15) is 39.5 Å². The molecule has 4 heterocycles. The summed E-state index contributed by atoms with van der Waals surface area (Å²) in [5, 5.41) is 7.48. The van der Waals surface area contributed by atoms with Crippen LogP contribution in [0.25, 0.3) is 0 Å². The number of likely N-dealkylation sites (tertiary alicyclic amines) is 1. The summed E-state index contributed by atoms with van der Waals surface area (Å²) in [4.78, 5) is 11.1. The molecule has 0 aliphatic carbocycles. The molecule has 0 aromatic rings. The second-order valence-electron chi connectivity index (χ2n) is 8.25. The molecule has 25 heavy (non-hydrogen) atoms. The predicted molar refractivity (Wildman–Crippen MR) is 96.7 cm³/mol. The largest absolute Gasteiger partial charge is 0.379 e. The molecular weight excluding hydrogens is 318 g/mol. The van der Waals surface area contributed by atoms with Crippen LogP contribution in [0.3, 0.4) is 0 Å². The summed E-state index contributed by atoms with van der Waals surface area (Å²) < 4.78 is 5.47. The van der Waals surface area contributed by atoms with E-state index in [-0.39, 0.29) is 12.4 Å². The van der Waals surface area contributed by atoms with Gasteiger partial charge in [-0.05, 0) is 46.1 Å². The van der Waals surface area contributed by atoms with E-state index in [1.165, 1.54) is 32.2 Å². The highest BCUT2D eigenvalue weighted by Crippen LogP contribution is 2.27. The zero-order chi connectivity index (χ0) is 17.2. The maximum absolute atomic E-state index is 5.97. The highest BCUT2D eigenvalue weighted by Gasteiger charge is 2.41. The minimum atomic E-state index is 0.117. The number of hydrogen-bond donors (Lipinski definition) is 3. The first kappa shape index (κ1) is 18.1. The van der Waals surface area contributed by atoms with Crippen molar-refractivity contribution >= 4 is 0 Å². The SMILES string of the molecule is CC(C)N1CCCC1C1NC(C2CCC(N3CCOCC3)NC2)NO1. The highest BCUT2D eigenvalue weighted by molar-refractivity contribution is 4.92. The lowest BCUT2D eigenvalue weighted by molar-refractivity contribution is -0.0309. The first-order chi connectivity index (χ1) is 12.2. The predicted octanol–water partition coefficient (Wildman–Crippen LogP) is 0.294. The van der Waals surface area contributed by atoms with Crippen molar-refractivity contribution in [2.75, 3.05) is 39.4 Å². The van der Waals surface area contributed by atoms with Gasteiger partial charge in [0, 0.05) is 31.6 Å². The molecule has 0 amide bonds. The van der Waals surface area contributed by atoms with Gasteiger partial charge in [-0.15, -0.1) is 0 Å². The molecule has 4 aliphatic rings. The second kappa shape index (κ2) is 8.17. The van der Waals surface area contributed by atoms with Crippen molar-refractivity contribution in [3.63, 3.8) is 0 Å². The number of rotatable bonds is 4. The van der Waals surface area contributed by atoms with E-state index >= 15 is 0 Å². The van der Waals surface area contributed by atoms with E-state index in [0.717, 1.165) is 32.8 Å². The molecule has 7 heteroatoms. The number of nitrogens with one attached hydrogen (secondary N) is 3. The van der Waals surface area contributed by atoms with Crippen LogP contribution < -0.4 is 16.1 Å². The van der Waals surface area contributed by atoms with E-state index in [0.29, 0.717) is 24.2 Å². The molecule has 7 nitrogen and oxygen atoms in total. The van der Waals surface area contributed by atoms with Gasteiger partial charge in [-0.3, -0.25) is 20.0 Å². The second-order valence-corrected chi connectivity index (χ2v) is 8.25. The number of piperidine rings is 1. The summed E-state index contributed by atoms with van der Waals surface area (Å²) in [6.45, 7) is 10.7. The Kier molecular flexibility index (Phi) is 5.91. The van der Waals surface area contributed by atoms with Crippen molar-refractivity contribution in [1.82, 2.24) is 25.9 Å². The summed E-state index contributed by atoms with van der Waals surface area (Å²) in [6, 6.07) is 1.08. The van der Waals surface area contributed by atoms with E-state index in [2.05, 4.69) is 39.8 Å². The molecule has 5 atom stereocenters. The van der Waals surface area contributed by atoms with Gasteiger partial charge in [-0.2, -0.15) is 5.48 Å². The minimum absolute atomic E-state index is 0.117. The maximum Gasteiger partial charge on any atom is 0.146 e. The van der Waals surface area contributed by atoms with Crippen LogP contribution in [0.4, 0.5) is 0 Å². The number of hydroxylamine groups is 1. The summed E-state index contributed by atoms with van der Waals surface area (Å²) >= 11 is 0. The monoisotopic (exact) mass is 353 g/mol. The average molecular weight is 354 g/mol. The van der Waals surface area contributed by atoms with Gasteiger partial charge in [0.2, 0.25) is 0 Å². The number of ether oxygens (including phenoxy) is 1. The van der Waals surface area contributed by atoms with E-state index < -0.39 is 0 Å². The summed E-state index contributed by atoms with van der Waals surface area (Å²) in [7, 11) is 0. The van der Waals surface area contributed by atoms with Crippen molar-refractivity contribution in [1.29, 1.82) is 0 Å². The molecule has 0 aromatic heterocycles. The Hall–Kier alpha value is -0.280. The third-order valence-corrected chi connectivity index (χ3v) is 6.41. The molecule has 0 radical (unpaired) electrons. The van der Waals surface area contributed by atoms with Gasteiger partial charge in [-0.25, -0.2) is 0 Å². The topological polar surface area (TPSA) is 61.0 Å². The first-order valence-corrected chi connectivity index (χ1v) is 10.2. The Morgan fingerprint density at radius 1 is 1.04 bits per heavy atom. The normalized spacial score (nSPS) is 41.6. The average Bonchev–Trinajstić information content (AvgIpc) is 3.32. The third kappa shape index (κ3) is 4.03. The number of nitrogens with zero attached hydrogens (tertiary/aromatic N) is 2. The molecule has 0 aromatic carbocycles. The molecule has 4 fully saturated rings. The van der Waals surface area contributed by atoms with Crippen molar-refractivity contribution < 1.29 is 9.57 Å². The van der Waals surface area contributed by atoms with Gasteiger partial charge in [0.05, 0.1) is 31.6 Å². The van der Waals surface area contributed by atoms with Crippen molar-refractivity contribution in [2.24, 2.45) is 5.92 Å². The van der Waals surface area contributed by atoms with Crippen LogP contribution in [-0.4, -0.2) is 79.8 Å². The lowest BCUT2D eigenvalue weighted by Crippen LogP contribution is -2.57. The number of hydrogen-bond acceptors (Lipinski definition) is 7. The van der Waals surface area contributed by atoms with E-state index in [1.807, 2.05) is 0 Å². The zero-order valence-electron chi connectivity index (χ0n) is 15.7. The fraction of sp³-hybridized carbons (Fsp3) is 1.00. The summed E-state index contributed by atoms with van der Waals surface area (Å²) in [5.74, 6) is 0.580. The molecule has 5 unspecified atom stereocenters. The van der Waals surface area contributed by atoms with Crippen LogP contribution in [0.5, 0.6) is 0 Å². The maximum atomic E-state index is 5.97. The van der Waals surface area contributed by atoms with Crippen molar-refractivity contribution in [3.05, 3.63) is 0 Å². The molecule has 144 valence electrons. The number of morpholine rings is 1. The van der Waals surface area contributed by atoms with Crippen molar-refractivity contribution in [3.8, 4) is 0 Å². The fourth-order valence-electron chi connectivity index (χ4n) is 4.94. The minimum Gasteiger partial charge on any atom is -0.379 e. The van der Waals surface area contributed by atoms with Crippen LogP contribution in [0, 0.1) is 5.92 Å². The molecule has 3 N–H and O–H groups in total. The van der Waals surface area contributed by atoms with Gasteiger partial charge in [0.15, 0.2) is 0 Å². The Balaban J connectivity index is 1.25. The van der Waals surface area contributed by atoms with Gasteiger partial charge in [0.1, 0.15) is 6.23 Å². The van der Waals surface area contributed by atoms with Crippen LogP contribution in [-0.2, 0) is 9.57 Å². The van der Waals surface area contributed by atoms with Gasteiger partial charge >= 0.3 is 0 Å². The van der Waals surface area contributed by atoms with Gasteiger partial charge in [0.25, 0.3) is 0 Å². The Morgan fingerprint density at radius 3 is 2.60 bits per heavy atom. The molecule has 0 spiro atoms. The van der Waals surface area contributed by atoms with E-state index in [4.69, 9.17) is 9.57 Å². The summed E-state index contributed by atoms with van der Waals surface area (Å²) in [6.07, 6.45) is 5.84. The lowest BCUT2D eigenvalue weighted by Gasteiger charge is -2.40. The van der Waals surface area contributed by atoms with Gasteiger partial charge < -0.3 is 10.1 Å². The van der Waals surface area contributed by atoms with Gasteiger partial charge in [-0.1, -0.05) is 0 Å². The van der Waals surface area contributed by atoms with Crippen molar-refractivity contribution in [2.45, 2.75) is 70.2 Å². The molecule has 4 saturated heterocycles. The fourth-order valence-corrected chi connectivity index (χ4v) is 4.94. The molecule has 0 saturated carbocycles. The smallest absolute Gasteiger partial charge is 0.146 e. The molecular formula is C18H35N5O2. The van der Waals surface area contributed by atoms with Crippen LogP contribution in [0.2, 0.25) is 0 Å². The Bertz CT molecular complexity index is 424.